The minimum Gasteiger partial charge on any atom is -0.454 e. The van der Waals surface area contributed by atoms with Gasteiger partial charge in [0.25, 0.3) is 5.91 Å². The Hall–Kier alpha value is -2.12. The van der Waals surface area contributed by atoms with Crippen LogP contribution >= 0.6 is 11.3 Å². The van der Waals surface area contributed by atoms with Crippen LogP contribution < -0.4 is 9.47 Å². The van der Waals surface area contributed by atoms with E-state index in [0.717, 1.165) is 21.4 Å². The number of carbonyl (C=O) groups is 1. The van der Waals surface area contributed by atoms with Gasteiger partial charge in [-0.25, -0.2) is 10.0 Å². The topological polar surface area (TPSA) is 60.9 Å². The molecule has 0 bridgehead atoms. The first kappa shape index (κ1) is 12.9. The van der Waals surface area contributed by atoms with Gasteiger partial charge in [-0.15, -0.1) is 11.3 Å². The Morgan fingerprint density at radius 3 is 3.00 bits per heavy atom. The summed E-state index contributed by atoms with van der Waals surface area (Å²) in [6.07, 6.45) is 0. The molecule has 20 heavy (non-hydrogen) atoms. The number of benzene rings is 1. The Labute approximate surface area is 119 Å². The molecule has 0 unspecified atom stereocenters. The first-order valence-electron chi connectivity index (χ1n) is 5.87. The number of thiazole rings is 1. The number of hydrogen-bond acceptors (Lipinski definition) is 6. The SMILES string of the molecule is CON(C)C(=O)c1csc(-c2ccc3c(c2)OCO3)n1. The Bertz CT molecular complexity index is 656. The van der Waals surface area contributed by atoms with E-state index < -0.39 is 0 Å². The molecule has 1 aliphatic heterocycles. The zero-order chi connectivity index (χ0) is 14.1. The molecule has 0 saturated carbocycles. The summed E-state index contributed by atoms with van der Waals surface area (Å²) in [5.74, 6) is 1.14. The van der Waals surface area contributed by atoms with Gasteiger partial charge in [0.1, 0.15) is 10.7 Å². The molecule has 0 N–H and O–H groups in total. The highest BCUT2D eigenvalue weighted by molar-refractivity contribution is 7.13. The maximum atomic E-state index is 11.9. The lowest BCUT2D eigenvalue weighted by atomic mass is 10.2. The third-order valence-electron chi connectivity index (χ3n) is 2.90. The summed E-state index contributed by atoms with van der Waals surface area (Å²) in [6.45, 7) is 0.235. The number of nitrogens with zero attached hydrogens (tertiary/aromatic N) is 2. The van der Waals surface area contributed by atoms with Crippen molar-refractivity contribution in [2.75, 3.05) is 21.0 Å². The van der Waals surface area contributed by atoms with Crippen molar-refractivity contribution in [1.29, 1.82) is 0 Å². The zero-order valence-electron chi connectivity index (χ0n) is 11.0. The van der Waals surface area contributed by atoms with E-state index in [4.69, 9.17) is 14.3 Å². The van der Waals surface area contributed by atoms with E-state index in [1.54, 1.807) is 12.4 Å². The van der Waals surface area contributed by atoms with E-state index in [9.17, 15) is 4.79 Å². The lowest BCUT2D eigenvalue weighted by Crippen LogP contribution is -2.25. The Kier molecular flexibility index (Phi) is 3.29. The fourth-order valence-corrected chi connectivity index (χ4v) is 2.57. The minimum absolute atomic E-state index is 0.235. The standard InChI is InChI=1S/C13H12N2O4S/c1-15(17-2)13(16)9-6-20-12(14-9)8-3-4-10-11(5-8)19-7-18-10/h3-6H,7H2,1-2H3. The molecule has 0 atom stereocenters. The van der Waals surface area contributed by atoms with Gasteiger partial charge in [-0.05, 0) is 18.2 Å². The van der Waals surface area contributed by atoms with E-state index >= 15 is 0 Å². The fraction of sp³-hybridized carbons (Fsp3) is 0.231. The van der Waals surface area contributed by atoms with Crippen molar-refractivity contribution >= 4 is 17.2 Å². The third kappa shape index (κ3) is 2.21. The lowest BCUT2D eigenvalue weighted by molar-refractivity contribution is -0.0760. The first-order chi connectivity index (χ1) is 9.69. The number of fused-ring (bicyclic) bond motifs is 1. The van der Waals surface area contributed by atoms with Gasteiger partial charge in [0.05, 0.1) is 7.11 Å². The highest BCUT2D eigenvalue weighted by Crippen LogP contribution is 2.36. The second-order valence-electron chi connectivity index (χ2n) is 4.09. The predicted octanol–water partition coefficient (Wildman–Crippen LogP) is 2.17. The first-order valence-corrected chi connectivity index (χ1v) is 6.74. The van der Waals surface area contributed by atoms with Gasteiger partial charge in [-0.2, -0.15) is 0 Å². The maximum absolute atomic E-state index is 11.9. The van der Waals surface area contributed by atoms with Crippen LogP contribution in [0.2, 0.25) is 0 Å². The molecule has 0 radical (unpaired) electrons. The molecule has 0 spiro atoms. The number of aromatic nitrogens is 1. The van der Waals surface area contributed by atoms with Crippen LogP contribution in [0.1, 0.15) is 10.5 Å². The Morgan fingerprint density at radius 2 is 2.20 bits per heavy atom. The summed E-state index contributed by atoms with van der Waals surface area (Å²) in [7, 11) is 2.98. The number of hydrogen-bond donors (Lipinski definition) is 0. The summed E-state index contributed by atoms with van der Waals surface area (Å²) in [5, 5.41) is 3.59. The van der Waals surface area contributed by atoms with Gasteiger partial charge >= 0.3 is 0 Å². The molecule has 3 rings (SSSR count). The molecule has 104 valence electrons. The number of hydroxylamine groups is 2. The summed E-state index contributed by atoms with van der Waals surface area (Å²) >= 11 is 1.39. The predicted molar refractivity (Wildman–Crippen MR) is 72.8 cm³/mol. The van der Waals surface area contributed by atoms with Gasteiger partial charge in [-0.3, -0.25) is 9.63 Å². The van der Waals surface area contributed by atoms with Crippen LogP contribution in [0, 0.1) is 0 Å². The molecular formula is C13H12N2O4S. The Morgan fingerprint density at radius 1 is 1.40 bits per heavy atom. The van der Waals surface area contributed by atoms with E-state index in [-0.39, 0.29) is 12.7 Å². The molecule has 6 nitrogen and oxygen atoms in total. The van der Waals surface area contributed by atoms with Crippen LogP contribution in [-0.4, -0.2) is 36.9 Å². The van der Waals surface area contributed by atoms with Crippen molar-refractivity contribution in [2.45, 2.75) is 0 Å². The fourth-order valence-electron chi connectivity index (χ4n) is 1.78. The molecule has 2 heterocycles. The van der Waals surface area contributed by atoms with Crippen LogP contribution in [0.25, 0.3) is 10.6 Å². The molecule has 1 aromatic heterocycles. The van der Waals surface area contributed by atoms with Crippen molar-refractivity contribution in [3.05, 3.63) is 29.3 Å². The van der Waals surface area contributed by atoms with Crippen LogP contribution in [0.5, 0.6) is 11.5 Å². The minimum atomic E-state index is -0.282. The van der Waals surface area contributed by atoms with E-state index in [1.807, 2.05) is 18.2 Å². The monoisotopic (exact) mass is 292 g/mol. The van der Waals surface area contributed by atoms with Crippen LogP contribution in [-0.2, 0) is 4.84 Å². The number of amides is 1. The third-order valence-corrected chi connectivity index (χ3v) is 3.79. The number of rotatable bonds is 3. The lowest BCUT2D eigenvalue weighted by Gasteiger charge is -2.11. The summed E-state index contributed by atoms with van der Waals surface area (Å²) in [5.41, 5.74) is 1.24. The van der Waals surface area contributed by atoms with E-state index in [1.165, 1.54) is 18.4 Å². The van der Waals surface area contributed by atoms with Crippen molar-refractivity contribution in [3.8, 4) is 22.1 Å². The molecule has 1 aliphatic rings. The quantitative estimate of drug-likeness (QED) is 0.811. The second-order valence-corrected chi connectivity index (χ2v) is 4.95. The molecule has 7 heteroatoms. The molecule has 0 saturated heterocycles. The van der Waals surface area contributed by atoms with Crippen molar-refractivity contribution < 1.29 is 19.1 Å². The zero-order valence-corrected chi connectivity index (χ0v) is 11.8. The maximum Gasteiger partial charge on any atom is 0.296 e. The van der Waals surface area contributed by atoms with Crippen molar-refractivity contribution in [1.82, 2.24) is 10.0 Å². The smallest absolute Gasteiger partial charge is 0.296 e. The summed E-state index contributed by atoms with van der Waals surface area (Å²) in [4.78, 5) is 21.1. The highest BCUT2D eigenvalue weighted by atomic mass is 32.1. The molecule has 2 aromatic rings. The van der Waals surface area contributed by atoms with Gasteiger partial charge in [0, 0.05) is 18.0 Å². The van der Waals surface area contributed by atoms with Crippen LogP contribution in [0.15, 0.2) is 23.6 Å². The van der Waals surface area contributed by atoms with E-state index in [0.29, 0.717) is 11.4 Å². The number of ether oxygens (including phenoxy) is 2. The van der Waals surface area contributed by atoms with Gasteiger partial charge in [-0.1, -0.05) is 0 Å². The number of carbonyl (C=O) groups excluding carboxylic acids is 1. The molecule has 0 fully saturated rings. The molecule has 0 aliphatic carbocycles. The molecule has 1 amide bonds. The molecular weight excluding hydrogens is 280 g/mol. The van der Waals surface area contributed by atoms with Gasteiger partial charge in [0.2, 0.25) is 6.79 Å². The van der Waals surface area contributed by atoms with Crippen LogP contribution in [0.3, 0.4) is 0 Å². The summed E-state index contributed by atoms with van der Waals surface area (Å²) < 4.78 is 10.6. The molecule has 1 aromatic carbocycles. The highest BCUT2D eigenvalue weighted by Gasteiger charge is 2.18. The summed E-state index contributed by atoms with van der Waals surface area (Å²) in [6, 6.07) is 5.58. The van der Waals surface area contributed by atoms with Crippen LogP contribution in [0.4, 0.5) is 0 Å². The average molecular weight is 292 g/mol. The largest absolute Gasteiger partial charge is 0.454 e. The Balaban J connectivity index is 1.88. The van der Waals surface area contributed by atoms with Gasteiger partial charge < -0.3 is 9.47 Å². The van der Waals surface area contributed by atoms with Crippen molar-refractivity contribution in [2.24, 2.45) is 0 Å². The van der Waals surface area contributed by atoms with Gasteiger partial charge in [0.15, 0.2) is 11.5 Å². The van der Waals surface area contributed by atoms with E-state index in [2.05, 4.69) is 4.98 Å². The average Bonchev–Trinajstić information content (AvgIpc) is 3.13. The second kappa shape index (κ2) is 5.10. The normalized spacial score (nSPS) is 12.5. The van der Waals surface area contributed by atoms with Crippen molar-refractivity contribution in [3.63, 3.8) is 0 Å².